The van der Waals surface area contributed by atoms with Gasteiger partial charge >= 0.3 is 0 Å². The smallest absolute Gasteiger partial charge is 0.145 e. The van der Waals surface area contributed by atoms with Gasteiger partial charge in [-0.1, -0.05) is 12.1 Å². The van der Waals surface area contributed by atoms with Gasteiger partial charge in [0.1, 0.15) is 22.5 Å². The number of nitrogens with zero attached hydrogens (tertiary/aromatic N) is 3. The largest absolute Gasteiger partial charge is 0.506 e. The van der Waals surface area contributed by atoms with E-state index in [-0.39, 0.29) is 5.75 Å². The number of hydrogen-bond acceptors (Lipinski definition) is 4. The summed E-state index contributed by atoms with van der Waals surface area (Å²) in [6.07, 6.45) is 0. The Hall–Kier alpha value is -2.56. The number of aromatic hydroxyl groups is 1. The molecule has 1 aromatic heterocycles. The molecule has 1 heterocycles. The van der Waals surface area contributed by atoms with Crippen LogP contribution in [0.4, 0.5) is 5.69 Å². The van der Waals surface area contributed by atoms with Crippen LogP contribution in [0.25, 0.3) is 16.7 Å². The Morgan fingerprint density at radius 3 is 2.28 bits per heavy atom. The van der Waals surface area contributed by atoms with E-state index in [4.69, 9.17) is 0 Å². The Labute approximate surface area is 104 Å². The Balaban J connectivity index is 2.14. The summed E-state index contributed by atoms with van der Waals surface area (Å²) in [6.45, 7) is 0. The van der Waals surface area contributed by atoms with Gasteiger partial charge in [0.15, 0.2) is 0 Å². The Bertz CT molecular complexity index is 672. The number of aromatic nitrogens is 3. The average Bonchev–Trinajstić information content (AvgIpc) is 2.81. The van der Waals surface area contributed by atoms with E-state index in [9.17, 15) is 5.11 Å². The SMILES string of the molecule is CNc1ccc(-n2nc3ccccc3n2)c(O)c1. The Morgan fingerprint density at radius 1 is 1.06 bits per heavy atom. The van der Waals surface area contributed by atoms with E-state index >= 15 is 0 Å². The second-order valence-corrected chi connectivity index (χ2v) is 3.93. The molecule has 0 spiro atoms. The van der Waals surface area contributed by atoms with E-state index in [0.717, 1.165) is 16.7 Å². The minimum absolute atomic E-state index is 0.141. The number of hydrogen-bond donors (Lipinski definition) is 2. The van der Waals surface area contributed by atoms with Gasteiger partial charge in [-0.25, -0.2) is 0 Å². The molecule has 3 aromatic rings. The molecule has 90 valence electrons. The third-order valence-corrected chi connectivity index (χ3v) is 2.77. The Kier molecular flexibility index (Phi) is 2.37. The number of fused-ring (bicyclic) bond motifs is 1. The molecule has 5 nitrogen and oxygen atoms in total. The van der Waals surface area contributed by atoms with Crippen LogP contribution in [0.1, 0.15) is 0 Å². The summed E-state index contributed by atoms with van der Waals surface area (Å²) in [6, 6.07) is 12.9. The molecular formula is C13H12N4O. The highest BCUT2D eigenvalue weighted by Crippen LogP contribution is 2.25. The van der Waals surface area contributed by atoms with Gasteiger partial charge in [-0.05, 0) is 24.3 Å². The summed E-state index contributed by atoms with van der Waals surface area (Å²) in [5, 5.41) is 21.6. The van der Waals surface area contributed by atoms with Crippen LogP contribution in [-0.2, 0) is 0 Å². The lowest BCUT2D eigenvalue weighted by molar-refractivity contribution is 0.468. The normalized spacial score (nSPS) is 10.7. The molecule has 5 heteroatoms. The van der Waals surface area contributed by atoms with Crippen molar-refractivity contribution in [2.24, 2.45) is 0 Å². The van der Waals surface area contributed by atoms with E-state index in [0.29, 0.717) is 5.69 Å². The van der Waals surface area contributed by atoms with Crippen molar-refractivity contribution in [3.05, 3.63) is 42.5 Å². The molecule has 0 saturated heterocycles. The molecule has 0 bridgehead atoms. The predicted octanol–water partition coefficient (Wildman–Crippen LogP) is 2.17. The molecule has 0 fully saturated rings. The van der Waals surface area contributed by atoms with Gasteiger partial charge in [-0.3, -0.25) is 0 Å². The standard InChI is InChI=1S/C13H12N4O/c1-14-9-6-7-12(13(18)8-9)17-15-10-4-2-3-5-11(10)16-17/h2-8,14,18H,1H3. The molecule has 18 heavy (non-hydrogen) atoms. The summed E-state index contributed by atoms with van der Waals surface area (Å²) >= 11 is 0. The zero-order valence-electron chi connectivity index (χ0n) is 9.83. The fourth-order valence-electron chi connectivity index (χ4n) is 1.82. The summed E-state index contributed by atoms with van der Waals surface area (Å²) in [5.74, 6) is 0.141. The van der Waals surface area contributed by atoms with E-state index in [1.165, 1.54) is 4.80 Å². The summed E-state index contributed by atoms with van der Waals surface area (Å²) in [7, 11) is 1.80. The quantitative estimate of drug-likeness (QED) is 0.720. The molecular weight excluding hydrogens is 228 g/mol. The minimum atomic E-state index is 0.141. The average molecular weight is 240 g/mol. The number of nitrogens with one attached hydrogen (secondary N) is 1. The van der Waals surface area contributed by atoms with E-state index in [1.807, 2.05) is 30.3 Å². The van der Waals surface area contributed by atoms with Gasteiger partial charge in [-0.2, -0.15) is 0 Å². The van der Waals surface area contributed by atoms with Gasteiger partial charge < -0.3 is 10.4 Å². The molecule has 2 aromatic carbocycles. The number of anilines is 1. The van der Waals surface area contributed by atoms with E-state index < -0.39 is 0 Å². The first-order chi connectivity index (χ1) is 8.78. The third kappa shape index (κ3) is 1.66. The molecule has 2 N–H and O–H groups in total. The van der Waals surface area contributed by atoms with Crippen LogP contribution < -0.4 is 5.32 Å². The Morgan fingerprint density at radius 2 is 1.72 bits per heavy atom. The summed E-state index contributed by atoms with van der Waals surface area (Å²) in [5.41, 5.74) is 3.00. The monoisotopic (exact) mass is 240 g/mol. The van der Waals surface area contributed by atoms with Crippen molar-refractivity contribution in [3.63, 3.8) is 0 Å². The predicted molar refractivity (Wildman–Crippen MR) is 70.1 cm³/mol. The maximum absolute atomic E-state index is 9.96. The van der Waals surface area contributed by atoms with Gasteiger partial charge in [0.05, 0.1) is 0 Å². The molecule has 0 unspecified atom stereocenters. The van der Waals surface area contributed by atoms with Crippen LogP contribution in [0.5, 0.6) is 5.75 Å². The van der Waals surface area contributed by atoms with Gasteiger partial charge in [-0.15, -0.1) is 15.0 Å². The fourth-order valence-corrected chi connectivity index (χ4v) is 1.82. The van der Waals surface area contributed by atoms with Crippen LogP contribution in [0.15, 0.2) is 42.5 Å². The molecule has 0 saturated carbocycles. The van der Waals surface area contributed by atoms with Crippen molar-refractivity contribution in [3.8, 4) is 11.4 Å². The van der Waals surface area contributed by atoms with Crippen molar-refractivity contribution >= 4 is 16.7 Å². The van der Waals surface area contributed by atoms with E-state index in [1.54, 1.807) is 19.2 Å². The lowest BCUT2D eigenvalue weighted by Gasteiger charge is -2.05. The van der Waals surface area contributed by atoms with Crippen LogP contribution in [0.2, 0.25) is 0 Å². The lowest BCUT2D eigenvalue weighted by Crippen LogP contribution is -1.99. The number of phenols is 1. The van der Waals surface area contributed by atoms with Crippen LogP contribution in [0, 0.1) is 0 Å². The third-order valence-electron chi connectivity index (χ3n) is 2.77. The van der Waals surface area contributed by atoms with Crippen molar-refractivity contribution in [2.45, 2.75) is 0 Å². The molecule has 0 aliphatic rings. The van der Waals surface area contributed by atoms with Crippen molar-refractivity contribution in [2.75, 3.05) is 12.4 Å². The zero-order chi connectivity index (χ0) is 12.5. The van der Waals surface area contributed by atoms with E-state index in [2.05, 4.69) is 15.5 Å². The molecule has 0 aliphatic carbocycles. The number of phenolic OH excluding ortho intramolecular Hbond substituents is 1. The maximum atomic E-state index is 9.96. The zero-order valence-corrected chi connectivity index (χ0v) is 9.83. The molecule has 0 aliphatic heterocycles. The van der Waals surface area contributed by atoms with Crippen molar-refractivity contribution < 1.29 is 5.11 Å². The van der Waals surface area contributed by atoms with Gasteiger partial charge in [0.2, 0.25) is 0 Å². The molecule has 0 atom stereocenters. The summed E-state index contributed by atoms with van der Waals surface area (Å²) < 4.78 is 0. The topological polar surface area (TPSA) is 63.0 Å². The fraction of sp³-hybridized carbons (Fsp3) is 0.0769. The number of benzene rings is 2. The molecule has 3 rings (SSSR count). The second kappa shape index (κ2) is 4.03. The maximum Gasteiger partial charge on any atom is 0.145 e. The highest BCUT2D eigenvalue weighted by atomic mass is 16.3. The van der Waals surface area contributed by atoms with Gasteiger partial charge in [0, 0.05) is 18.8 Å². The number of rotatable bonds is 2. The first-order valence-electron chi connectivity index (χ1n) is 5.61. The lowest BCUT2D eigenvalue weighted by atomic mass is 10.2. The first kappa shape index (κ1) is 10.6. The minimum Gasteiger partial charge on any atom is -0.506 e. The van der Waals surface area contributed by atoms with Crippen molar-refractivity contribution in [1.82, 2.24) is 15.0 Å². The molecule has 0 radical (unpaired) electrons. The highest BCUT2D eigenvalue weighted by molar-refractivity contribution is 5.73. The van der Waals surface area contributed by atoms with Crippen molar-refractivity contribution in [1.29, 1.82) is 0 Å². The summed E-state index contributed by atoms with van der Waals surface area (Å²) in [4.78, 5) is 1.44. The highest BCUT2D eigenvalue weighted by Gasteiger charge is 2.08. The van der Waals surface area contributed by atoms with Crippen LogP contribution in [-0.4, -0.2) is 27.1 Å². The first-order valence-corrected chi connectivity index (χ1v) is 5.61. The van der Waals surface area contributed by atoms with Gasteiger partial charge in [0.25, 0.3) is 0 Å². The second-order valence-electron chi connectivity index (χ2n) is 3.93. The van der Waals surface area contributed by atoms with Crippen LogP contribution >= 0.6 is 0 Å². The van der Waals surface area contributed by atoms with Crippen LogP contribution in [0.3, 0.4) is 0 Å². The molecule has 0 amide bonds.